The minimum absolute atomic E-state index is 0.143. The van der Waals surface area contributed by atoms with Crippen molar-refractivity contribution in [1.82, 2.24) is 0 Å². The normalized spacial score (nSPS) is 21.9. The van der Waals surface area contributed by atoms with Gasteiger partial charge >= 0.3 is 0 Å². The van der Waals surface area contributed by atoms with Crippen LogP contribution in [-0.4, -0.2) is 11.4 Å². The van der Waals surface area contributed by atoms with E-state index in [1.165, 1.54) is 0 Å². The van der Waals surface area contributed by atoms with Crippen molar-refractivity contribution >= 4 is 23.2 Å². The van der Waals surface area contributed by atoms with Gasteiger partial charge in [0, 0.05) is 20.7 Å². The van der Waals surface area contributed by atoms with Crippen LogP contribution >= 0.6 is 23.2 Å². The highest BCUT2D eigenvalue weighted by molar-refractivity contribution is 6.30. The van der Waals surface area contributed by atoms with Crippen LogP contribution in [0, 0.1) is 5.21 Å². The highest BCUT2D eigenvalue weighted by Gasteiger charge is 2.30. The first-order chi connectivity index (χ1) is 10.1. The Morgan fingerprint density at radius 2 is 1.81 bits per heavy atom. The van der Waals surface area contributed by atoms with E-state index < -0.39 is 6.23 Å². The van der Waals surface area contributed by atoms with Gasteiger partial charge in [-0.05, 0) is 29.8 Å². The Kier molecular flexibility index (Phi) is 4.10. The summed E-state index contributed by atoms with van der Waals surface area (Å²) in [5.74, 6) is 0. The molecule has 0 unspecified atom stereocenters. The number of rotatable bonds is 2. The van der Waals surface area contributed by atoms with Crippen molar-refractivity contribution < 1.29 is 9.60 Å². The third-order valence-corrected chi connectivity index (χ3v) is 3.71. The molecule has 2 aromatic carbocycles. The Bertz CT molecular complexity index is 674. The lowest BCUT2D eigenvalue weighted by atomic mass is 10.1. The van der Waals surface area contributed by atoms with Crippen LogP contribution in [0.5, 0.6) is 0 Å². The molecule has 0 aromatic heterocycles. The Morgan fingerprint density at radius 3 is 2.52 bits per heavy atom. The van der Waals surface area contributed by atoms with Gasteiger partial charge in [-0.3, -0.25) is 0 Å². The SMILES string of the molecule is [O-][N+]1=N[C@@H](c2ccc(Cl)cc2)O[C@@H](c2cccc(Cl)c2)C1. The average Bonchev–Trinajstić information content (AvgIpc) is 2.47. The molecule has 4 nitrogen and oxygen atoms in total. The summed E-state index contributed by atoms with van der Waals surface area (Å²) in [4.78, 5) is 0.661. The quantitative estimate of drug-likeness (QED) is 0.593. The lowest BCUT2D eigenvalue weighted by molar-refractivity contribution is -0.568. The molecule has 0 amide bonds. The fourth-order valence-electron chi connectivity index (χ4n) is 2.20. The molecule has 0 bridgehead atoms. The molecular weight excluding hydrogens is 311 g/mol. The van der Waals surface area contributed by atoms with Gasteiger partial charge in [0.2, 0.25) is 12.8 Å². The number of benzene rings is 2. The zero-order valence-electron chi connectivity index (χ0n) is 10.9. The zero-order chi connectivity index (χ0) is 14.8. The summed E-state index contributed by atoms with van der Waals surface area (Å²) >= 11 is 11.8. The highest BCUT2D eigenvalue weighted by Crippen LogP contribution is 2.32. The maximum absolute atomic E-state index is 11.8. The van der Waals surface area contributed by atoms with Crippen molar-refractivity contribution in [3.05, 3.63) is 74.9 Å². The third kappa shape index (κ3) is 3.35. The van der Waals surface area contributed by atoms with Gasteiger partial charge in [-0.25, -0.2) is 0 Å². The number of halogens is 2. The van der Waals surface area contributed by atoms with Crippen LogP contribution in [0.25, 0.3) is 0 Å². The van der Waals surface area contributed by atoms with Crippen LogP contribution in [0.1, 0.15) is 23.5 Å². The van der Waals surface area contributed by atoms with Crippen molar-refractivity contribution in [3.63, 3.8) is 0 Å². The van der Waals surface area contributed by atoms with Gasteiger partial charge in [0.1, 0.15) is 6.10 Å². The second kappa shape index (κ2) is 6.02. The van der Waals surface area contributed by atoms with Gasteiger partial charge in [-0.15, -0.1) is 0 Å². The van der Waals surface area contributed by atoms with E-state index in [0.717, 1.165) is 11.1 Å². The van der Waals surface area contributed by atoms with E-state index in [0.29, 0.717) is 14.9 Å². The summed E-state index contributed by atoms with van der Waals surface area (Å²) < 4.78 is 5.91. The summed E-state index contributed by atoms with van der Waals surface area (Å²) in [6.45, 7) is 0.143. The molecule has 0 saturated carbocycles. The second-order valence-electron chi connectivity index (χ2n) is 4.73. The van der Waals surface area contributed by atoms with Gasteiger partial charge < -0.3 is 9.94 Å². The molecule has 0 fully saturated rings. The number of azo groups is 1. The maximum atomic E-state index is 11.8. The van der Waals surface area contributed by atoms with Crippen molar-refractivity contribution in [2.75, 3.05) is 6.54 Å². The van der Waals surface area contributed by atoms with Crippen molar-refractivity contribution in [2.24, 2.45) is 5.11 Å². The lowest BCUT2D eigenvalue weighted by Crippen LogP contribution is -2.24. The van der Waals surface area contributed by atoms with Crippen LogP contribution in [0.15, 0.2) is 53.6 Å². The smallest absolute Gasteiger partial charge is 0.238 e. The van der Waals surface area contributed by atoms with E-state index in [-0.39, 0.29) is 12.6 Å². The molecule has 21 heavy (non-hydrogen) atoms. The van der Waals surface area contributed by atoms with Crippen molar-refractivity contribution in [3.8, 4) is 0 Å². The van der Waals surface area contributed by atoms with E-state index in [4.69, 9.17) is 27.9 Å². The summed E-state index contributed by atoms with van der Waals surface area (Å²) in [6.07, 6.45) is -1.02. The average molecular weight is 323 g/mol. The predicted octanol–water partition coefficient (Wildman–Crippen LogP) is 4.73. The second-order valence-corrected chi connectivity index (χ2v) is 5.61. The summed E-state index contributed by atoms with van der Waals surface area (Å²) in [5.41, 5.74) is 1.64. The first-order valence-electron chi connectivity index (χ1n) is 6.43. The molecule has 1 heterocycles. The number of hydroxylamine groups is 1. The molecule has 0 N–H and O–H groups in total. The minimum Gasteiger partial charge on any atom is -0.600 e. The van der Waals surface area contributed by atoms with E-state index in [9.17, 15) is 5.21 Å². The fourth-order valence-corrected chi connectivity index (χ4v) is 2.52. The van der Waals surface area contributed by atoms with Gasteiger partial charge in [0.15, 0.2) is 0 Å². The van der Waals surface area contributed by atoms with Gasteiger partial charge in [-0.1, -0.05) is 52.3 Å². The predicted molar refractivity (Wildman–Crippen MR) is 80.4 cm³/mol. The summed E-state index contributed by atoms with van der Waals surface area (Å²) in [7, 11) is 0. The van der Waals surface area contributed by atoms with Gasteiger partial charge in [0.25, 0.3) is 0 Å². The maximum Gasteiger partial charge on any atom is 0.238 e. The topological polar surface area (TPSA) is 47.7 Å². The van der Waals surface area contributed by atoms with Crippen LogP contribution in [0.2, 0.25) is 10.0 Å². The molecule has 2 atom stereocenters. The monoisotopic (exact) mass is 322 g/mol. The molecule has 0 radical (unpaired) electrons. The zero-order valence-corrected chi connectivity index (χ0v) is 12.5. The largest absolute Gasteiger partial charge is 0.600 e. The molecule has 0 saturated heterocycles. The lowest BCUT2D eigenvalue weighted by Gasteiger charge is -2.24. The molecule has 1 aliphatic heterocycles. The summed E-state index contributed by atoms with van der Waals surface area (Å²) in [6, 6.07) is 14.4. The van der Waals surface area contributed by atoms with E-state index in [2.05, 4.69) is 5.11 Å². The number of ether oxygens (including phenoxy) is 1. The van der Waals surface area contributed by atoms with Gasteiger partial charge in [-0.2, -0.15) is 0 Å². The molecule has 6 heteroatoms. The number of nitrogens with zero attached hydrogens (tertiary/aromatic N) is 2. The fraction of sp³-hybridized carbons (Fsp3) is 0.200. The van der Waals surface area contributed by atoms with E-state index in [1.807, 2.05) is 12.1 Å². The van der Waals surface area contributed by atoms with E-state index in [1.54, 1.807) is 36.4 Å². The number of hydrogen-bond acceptors (Lipinski definition) is 3. The van der Waals surface area contributed by atoms with Crippen molar-refractivity contribution in [2.45, 2.75) is 12.3 Å². The van der Waals surface area contributed by atoms with Crippen LogP contribution in [0.4, 0.5) is 0 Å². The first-order valence-corrected chi connectivity index (χ1v) is 7.19. The highest BCUT2D eigenvalue weighted by atomic mass is 35.5. The Morgan fingerprint density at radius 1 is 1.05 bits per heavy atom. The molecule has 3 rings (SSSR count). The molecular formula is C15H12Cl2N2O2. The standard InChI is InChI=1S/C15H12Cl2N2O2/c16-12-6-4-10(5-7-12)15-18-19(20)9-14(21-15)11-2-1-3-13(17)8-11/h1-8,14-15H,9H2/t14-,15-/m1/s1. The Balaban J connectivity index is 1.87. The van der Waals surface area contributed by atoms with Crippen LogP contribution < -0.4 is 0 Å². The molecule has 0 spiro atoms. The number of hydrogen-bond donors (Lipinski definition) is 0. The summed E-state index contributed by atoms with van der Waals surface area (Å²) in [5, 5.41) is 17.0. The molecule has 1 aliphatic rings. The molecule has 0 aliphatic carbocycles. The Labute approximate surface area is 132 Å². The van der Waals surface area contributed by atoms with Gasteiger partial charge in [0.05, 0.1) is 0 Å². The van der Waals surface area contributed by atoms with E-state index >= 15 is 0 Å². The van der Waals surface area contributed by atoms with Crippen molar-refractivity contribution in [1.29, 1.82) is 0 Å². The molecule has 108 valence electrons. The minimum atomic E-state index is -0.641. The van der Waals surface area contributed by atoms with Crippen LogP contribution in [0.3, 0.4) is 0 Å². The third-order valence-electron chi connectivity index (χ3n) is 3.22. The Hall–Kier alpha value is -1.62. The molecule has 2 aromatic rings. The van der Waals surface area contributed by atoms with Crippen LogP contribution in [-0.2, 0) is 4.74 Å². The first kappa shape index (κ1) is 14.3.